The quantitative estimate of drug-likeness (QED) is 0.316. The van der Waals surface area contributed by atoms with Crippen molar-refractivity contribution in [2.45, 2.75) is 27.2 Å². The minimum absolute atomic E-state index is 0.148. The number of benzene rings is 1. The first kappa shape index (κ1) is 20.9. The van der Waals surface area contributed by atoms with Crippen LogP contribution in [0.3, 0.4) is 0 Å². The predicted octanol–water partition coefficient (Wildman–Crippen LogP) is 8.39. The van der Waals surface area contributed by atoms with Gasteiger partial charge in [-0.1, -0.05) is 37.4 Å². The first-order chi connectivity index (χ1) is 12.1. The molecule has 0 unspecified atom stereocenters. The second kappa shape index (κ2) is 10.6. The van der Waals surface area contributed by atoms with Crippen molar-refractivity contribution in [2.24, 2.45) is 0 Å². The summed E-state index contributed by atoms with van der Waals surface area (Å²) < 4.78 is 0. The molecule has 128 valence electrons. The van der Waals surface area contributed by atoms with Gasteiger partial charge in [0.2, 0.25) is 0 Å². The van der Waals surface area contributed by atoms with Crippen LogP contribution in [0.5, 0.6) is 0 Å². The van der Waals surface area contributed by atoms with Gasteiger partial charge in [0.1, 0.15) is 0 Å². The summed E-state index contributed by atoms with van der Waals surface area (Å²) in [6.07, 6.45) is 4.31. The SMILES string of the molecule is CC1=[C-]CC(C)=C1C.[Cl][Zr+2][Cl].c1ccc2[cH-]c(-p3cccc3)cc2c1. The summed E-state index contributed by atoms with van der Waals surface area (Å²) in [5, 5.41) is 4.18. The molecular weight excluding hydrogens is 445 g/mol. The van der Waals surface area contributed by atoms with E-state index in [1.165, 1.54) is 32.8 Å². The molecule has 0 radical (unpaired) electrons. The van der Waals surface area contributed by atoms with Gasteiger partial charge in [-0.2, -0.15) is 17.2 Å². The van der Waals surface area contributed by atoms with Crippen LogP contribution in [-0.2, 0) is 20.8 Å². The molecule has 0 N–H and O–H groups in total. The Balaban J connectivity index is 0.000000175. The van der Waals surface area contributed by atoms with Gasteiger partial charge in [0.15, 0.2) is 0 Å². The van der Waals surface area contributed by atoms with E-state index in [1.807, 2.05) is 0 Å². The van der Waals surface area contributed by atoms with Gasteiger partial charge in [-0.3, -0.25) is 6.08 Å². The van der Waals surface area contributed by atoms with E-state index in [1.54, 1.807) is 0 Å². The monoisotopic (exact) mass is 464 g/mol. The third-order valence-corrected chi connectivity index (χ3v) is 6.17. The molecule has 1 aliphatic rings. The Morgan fingerprint density at radius 1 is 1.04 bits per heavy atom. The minimum atomic E-state index is -0.826. The number of halogens is 2. The van der Waals surface area contributed by atoms with E-state index < -0.39 is 20.8 Å². The van der Waals surface area contributed by atoms with Crippen LogP contribution < -0.4 is 0 Å². The van der Waals surface area contributed by atoms with E-state index in [0.29, 0.717) is 0 Å². The maximum Gasteiger partial charge on any atom is -0.0395 e. The van der Waals surface area contributed by atoms with Crippen LogP contribution in [0.2, 0.25) is 0 Å². The number of fused-ring (bicyclic) bond motifs is 1. The molecule has 0 amide bonds. The van der Waals surface area contributed by atoms with Crippen molar-refractivity contribution in [1.29, 1.82) is 0 Å². The predicted molar refractivity (Wildman–Crippen MR) is 111 cm³/mol. The molecule has 0 atom stereocenters. The van der Waals surface area contributed by atoms with Crippen molar-refractivity contribution in [3.8, 4) is 5.30 Å². The molecule has 3 aromatic rings. The Hall–Kier alpha value is -0.447. The van der Waals surface area contributed by atoms with Crippen molar-refractivity contribution >= 4 is 35.3 Å². The van der Waals surface area contributed by atoms with Gasteiger partial charge in [-0.05, 0) is 11.6 Å². The molecule has 25 heavy (non-hydrogen) atoms. The molecule has 0 fully saturated rings. The summed E-state index contributed by atoms with van der Waals surface area (Å²) in [7, 11) is 9.72. The van der Waals surface area contributed by atoms with Gasteiger partial charge in [0.05, 0.1) is 0 Å². The first-order valence-electron chi connectivity index (χ1n) is 8.06. The molecule has 4 heteroatoms. The molecule has 2 aromatic carbocycles. The molecule has 0 saturated carbocycles. The molecule has 4 rings (SSSR count). The van der Waals surface area contributed by atoms with E-state index in [0.717, 1.165) is 6.42 Å². The molecule has 0 saturated heterocycles. The summed E-state index contributed by atoms with van der Waals surface area (Å²) in [6, 6.07) is 17.4. The van der Waals surface area contributed by atoms with Gasteiger partial charge in [0.25, 0.3) is 0 Å². The van der Waals surface area contributed by atoms with E-state index in [9.17, 15) is 0 Å². The molecule has 1 aromatic heterocycles. The van der Waals surface area contributed by atoms with Gasteiger partial charge < -0.3 is 0 Å². The molecular formula is C21H21Cl2PZr. The maximum absolute atomic E-state index is 4.93. The Bertz CT molecular complexity index is 819. The fourth-order valence-corrected chi connectivity index (χ4v) is 4.23. The van der Waals surface area contributed by atoms with Gasteiger partial charge >= 0.3 is 37.9 Å². The molecule has 1 heterocycles. The smallest absolute Gasteiger partial charge is 0.0395 e. The first-order valence-corrected chi connectivity index (χ1v) is 15.9. The van der Waals surface area contributed by atoms with Crippen LogP contribution in [0.25, 0.3) is 16.1 Å². The fourth-order valence-electron chi connectivity index (χ4n) is 2.64. The molecule has 0 bridgehead atoms. The number of allylic oxidation sites excluding steroid dienone is 4. The second-order valence-corrected chi connectivity index (χ2v) is 11.5. The fraction of sp³-hybridized carbons (Fsp3) is 0.190. The summed E-state index contributed by atoms with van der Waals surface area (Å²) in [4.78, 5) is 0. The minimum Gasteiger partial charge on any atom is -0.157 e. The van der Waals surface area contributed by atoms with E-state index in [4.69, 9.17) is 17.0 Å². The average Bonchev–Trinajstić information content (AvgIpc) is 3.33. The van der Waals surface area contributed by atoms with Gasteiger partial charge in [-0.15, -0.1) is 55.9 Å². The summed E-state index contributed by atoms with van der Waals surface area (Å²) in [5.41, 5.74) is 4.25. The molecule has 0 spiro atoms. The number of rotatable bonds is 1. The van der Waals surface area contributed by atoms with Gasteiger partial charge in [0, 0.05) is 0 Å². The Morgan fingerprint density at radius 2 is 1.68 bits per heavy atom. The van der Waals surface area contributed by atoms with Crippen molar-refractivity contribution in [2.75, 3.05) is 0 Å². The standard InChI is InChI=1S/C13H10P.C8H11.2ClH.Zr/c1-2-6-12-10-13(9-11(12)5-1)14-7-3-4-8-14;1-6-4-5-7(2)8(6)3;;;/h1-10H;4H2,1-3H3;2*1H;/q2*-1;;;+4/p-2. The topological polar surface area (TPSA) is 0 Å². The largest absolute Gasteiger partial charge is 0.157 e. The summed E-state index contributed by atoms with van der Waals surface area (Å²) >= 11 is -0.826. The number of hydrogen-bond acceptors (Lipinski definition) is 0. The number of hydrogen-bond donors (Lipinski definition) is 0. The van der Waals surface area contributed by atoms with Crippen LogP contribution in [0.15, 0.2) is 76.8 Å². The second-order valence-electron chi connectivity index (χ2n) is 5.89. The van der Waals surface area contributed by atoms with Crippen molar-refractivity contribution in [1.82, 2.24) is 0 Å². The molecule has 1 aliphatic carbocycles. The van der Waals surface area contributed by atoms with E-state index >= 15 is 0 Å². The van der Waals surface area contributed by atoms with E-state index in [-0.39, 0.29) is 7.53 Å². The van der Waals surface area contributed by atoms with Gasteiger partial charge in [-0.25, -0.2) is 5.57 Å². The Kier molecular flexibility index (Phi) is 8.88. The summed E-state index contributed by atoms with van der Waals surface area (Å²) in [5.74, 6) is 4.59. The Labute approximate surface area is 170 Å². The normalized spacial score (nSPS) is 12.8. The van der Waals surface area contributed by atoms with Crippen LogP contribution in [0, 0.1) is 6.08 Å². The summed E-state index contributed by atoms with van der Waals surface area (Å²) in [6.45, 7) is 6.44. The van der Waals surface area contributed by atoms with Crippen LogP contribution in [-0.4, -0.2) is 0 Å². The zero-order valence-electron chi connectivity index (χ0n) is 14.7. The van der Waals surface area contributed by atoms with Crippen molar-refractivity contribution < 1.29 is 20.8 Å². The van der Waals surface area contributed by atoms with Crippen LogP contribution in [0.1, 0.15) is 27.2 Å². The zero-order valence-corrected chi connectivity index (χ0v) is 19.5. The Morgan fingerprint density at radius 3 is 2.16 bits per heavy atom. The van der Waals surface area contributed by atoms with Crippen LogP contribution in [0.4, 0.5) is 0 Å². The van der Waals surface area contributed by atoms with Crippen molar-refractivity contribution in [3.63, 3.8) is 0 Å². The zero-order chi connectivity index (χ0) is 18.2. The average molecular weight is 467 g/mol. The molecule has 0 aliphatic heterocycles. The van der Waals surface area contributed by atoms with Crippen molar-refractivity contribution in [3.05, 3.63) is 82.9 Å². The third kappa shape index (κ3) is 6.04. The van der Waals surface area contributed by atoms with Crippen LogP contribution >= 0.6 is 24.6 Å². The molecule has 0 nitrogen and oxygen atoms in total. The third-order valence-electron chi connectivity index (χ3n) is 4.33. The van der Waals surface area contributed by atoms with E-state index in [2.05, 4.69) is 87.0 Å². The maximum atomic E-state index is 4.93.